The van der Waals surface area contributed by atoms with E-state index in [0.717, 1.165) is 16.6 Å². The van der Waals surface area contributed by atoms with Gasteiger partial charge in [0, 0.05) is 12.2 Å². The number of imidazole rings is 1. The minimum atomic E-state index is -1.17. The largest absolute Gasteiger partial charge is 0.494 e. The van der Waals surface area contributed by atoms with E-state index in [1.165, 1.54) is 0 Å². The van der Waals surface area contributed by atoms with E-state index in [0.29, 0.717) is 30.4 Å². The molecule has 0 radical (unpaired) electrons. The summed E-state index contributed by atoms with van der Waals surface area (Å²) >= 11 is 0. The number of carbonyl (C=O) groups is 2. The molecular weight excluding hydrogens is 428 g/mol. The van der Waals surface area contributed by atoms with Crippen LogP contribution < -0.4 is 15.0 Å². The van der Waals surface area contributed by atoms with Crippen LogP contribution in [0.15, 0.2) is 78.9 Å². The van der Waals surface area contributed by atoms with Crippen molar-refractivity contribution in [2.24, 2.45) is 0 Å². The highest BCUT2D eigenvalue weighted by Crippen LogP contribution is 2.35. The van der Waals surface area contributed by atoms with E-state index in [-0.39, 0.29) is 18.4 Å². The van der Waals surface area contributed by atoms with E-state index in [1.54, 1.807) is 11.8 Å². The van der Waals surface area contributed by atoms with Crippen molar-refractivity contribution in [3.8, 4) is 5.75 Å². The zero-order valence-electron chi connectivity index (χ0n) is 19.2. The SMILES string of the molecule is CCOc1ccc(N2C(=O)c3nc4ccccc4n3C[C@]2(C)C(=O)NCc2ccccc2)cc1. The molecule has 0 unspecified atom stereocenters. The van der Waals surface area contributed by atoms with Crippen LogP contribution in [0.25, 0.3) is 11.0 Å². The van der Waals surface area contributed by atoms with Gasteiger partial charge in [-0.05, 0) is 55.8 Å². The minimum Gasteiger partial charge on any atom is -0.494 e. The first-order valence-electron chi connectivity index (χ1n) is 11.4. The van der Waals surface area contributed by atoms with Gasteiger partial charge >= 0.3 is 0 Å². The lowest BCUT2D eigenvalue weighted by atomic mass is 9.94. The standard InChI is InChI=1S/C27H26N4O3/c1-3-34-21-15-13-20(14-16-21)31-25(32)24-29-22-11-7-8-12-23(22)30(24)18-27(31,2)26(33)28-17-19-9-5-4-6-10-19/h4-16H,3,17-18H2,1-2H3,(H,28,33)/t27-/m1/s1. The Labute approximate surface area is 198 Å². The third kappa shape index (κ3) is 3.69. The van der Waals surface area contributed by atoms with Gasteiger partial charge in [0.1, 0.15) is 11.3 Å². The molecule has 0 aliphatic carbocycles. The van der Waals surface area contributed by atoms with Crippen molar-refractivity contribution < 1.29 is 14.3 Å². The van der Waals surface area contributed by atoms with Crippen molar-refractivity contribution in [2.75, 3.05) is 11.5 Å². The van der Waals surface area contributed by atoms with E-state index in [9.17, 15) is 9.59 Å². The van der Waals surface area contributed by atoms with Crippen LogP contribution in [0.3, 0.4) is 0 Å². The van der Waals surface area contributed by atoms with Crippen LogP contribution in [0.2, 0.25) is 0 Å². The van der Waals surface area contributed by atoms with Crippen molar-refractivity contribution in [3.05, 3.63) is 90.3 Å². The van der Waals surface area contributed by atoms with Gasteiger partial charge in [0.25, 0.3) is 5.91 Å². The van der Waals surface area contributed by atoms with Crippen LogP contribution in [-0.4, -0.2) is 33.5 Å². The molecule has 7 heteroatoms. The number of para-hydroxylation sites is 2. The lowest BCUT2D eigenvalue weighted by molar-refractivity contribution is -0.126. The number of carbonyl (C=O) groups excluding carboxylic acids is 2. The maximum absolute atomic E-state index is 13.8. The van der Waals surface area contributed by atoms with Crippen LogP contribution in [0.4, 0.5) is 5.69 Å². The molecule has 34 heavy (non-hydrogen) atoms. The van der Waals surface area contributed by atoms with E-state index >= 15 is 0 Å². The Morgan fingerprint density at radius 3 is 2.47 bits per heavy atom. The highest BCUT2D eigenvalue weighted by Gasteiger charge is 2.49. The van der Waals surface area contributed by atoms with Crippen molar-refractivity contribution in [1.82, 2.24) is 14.9 Å². The molecule has 0 fully saturated rings. The molecule has 0 saturated carbocycles. The predicted octanol–water partition coefficient (Wildman–Crippen LogP) is 4.17. The third-order valence-corrected chi connectivity index (χ3v) is 6.20. The van der Waals surface area contributed by atoms with Crippen LogP contribution in [0, 0.1) is 0 Å². The summed E-state index contributed by atoms with van der Waals surface area (Å²) in [5.74, 6) is 0.479. The Morgan fingerprint density at radius 2 is 1.74 bits per heavy atom. The molecule has 2 amide bonds. The van der Waals surface area contributed by atoms with Crippen molar-refractivity contribution in [3.63, 3.8) is 0 Å². The van der Waals surface area contributed by atoms with Gasteiger partial charge in [0.2, 0.25) is 11.7 Å². The van der Waals surface area contributed by atoms with Crippen molar-refractivity contribution in [2.45, 2.75) is 32.5 Å². The highest BCUT2D eigenvalue weighted by atomic mass is 16.5. The van der Waals surface area contributed by atoms with Crippen molar-refractivity contribution in [1.29, 1.82) is 0 Å². The molecule has 1 aliphatic rings. The Balaban J connectivity index is 1.56. The maximum atomic E-state index is 13.8. The number of amides is 2. The van der Waals surface area contributed by atoms with Crippen LogP contribution in [-0.2, 0) is 17.9 Å². The summed E-state index contributed by atoms with van der Waals surface area (Å²) in [6, 6.07) is 24.6. The summed E-state index contributed by atoms with van der Waals surface area (Å²) < 4.78 is 7.41. The number of ether oxygens (including phenoxy) is 1. The molecule has 0 saturated heterocycles. The van der Waals surface area contributed by atoms with Crippen LogP contribution >= 0.6 is 0 Å². The normalized spacial score (nSPS) is 17.5. The van der Waals surface area contributed by atoms with Gasteiger partial charge < -0.3 is 14.6 Å². The molecule has 5 rings (SSSR count). The molecule has 7 nitrogen and oxygen atoms in total. The Bertz CT molecular complexity index is 1350. The summed E-state index contributed by atoms with van der Waals surface area (Å²) in [6.07, 6.45) is 0. The van der Waals surface area contributed by atoms with E-state index < -0.39 is 5.54 Å². The zero-order chi connectivity index (χ0) is 23.7. The molecule has 3 aromatic carbocycles. The monoisotopic (exact) mass is 454 g/mol. The van der Waals surface area contributed by atoms with Crippen LogP contribution in [0.1, 0.15) is 30.0 Å². The molecule has 0 spiro atoms. The molecule has 1 atom stereocenters. The zero-order valence-corrected chi connectivity index (χ0v) is 19.2. The Hall–Kier alpha value is -4.13. The average molecular weight is 455 g/mol. The molecule has 172 valence electrons. The molecule has 0 bridgehead atoms. The quantitative estimate of drug-likeness (QED) is 0.474. The second kappa shape index (κ2) is 8.67. The predicted molar refractivity (Wildman–Crippen MR) is 131 cm³/mol. The fourth-order valence-electron chi connectivity index (χ4n) is 4.50. The molecule has 1 aliphatic heterocycles. The summed E-state index contributed by atoms with van der Waals surface area (Å²) in [7, 11) is 0. The molecule has 1 N–H and O–H groups in total. The van der Waals surface area contributed by atoms with E-state index in [2.05, 4.69) is 10.3 Å². The minimum absolute atomic E-state index is 0.234. The number of nitrogens with zero attached hydrogens (tertiary/aromatic N) is 3. The van der Waals surface area contributed by atoms with Gasteiger partial charge in [-0.15, -0.1) is 0 Å². The van der Waals surface area contributed by atoms with Gasteiger partial charge in [0.15, 0.2) is 0 Å². The fourth-order valence-corrected chi connectivity index (χ4v) is 4.50. The second-order valence-corrected chi connectivity index (χ2v) is 8.52. The molecule has 1 aromatic heterocycles. The van der Waals surface area contributed by atoms with E-state index in [1.807, 2.05) is 90.4 Å². The molecule has 2 heterocycles. The summed E-state index contributed by atoms with van der Waals surface area (Å²) in [4.78, 5) is 33.7. The maximum Gasteiger partial charge on any atom is 0.295 e. The van der Waals surface area contributed by atoms with Crippen LogP contribution in [0.5, 0.6) is 5.75 Å². The first-order valence-corrected chi connectivity index (χ1v) is 11.4. The lowest BCUT2D eigenvalue weighted by Crippen LogP contribution is -2.64. The summed E-state index contributed by atoms with van der Waals surface area (Å²) in [5.41, 5.74) is 1.99. The number of nitrogens with one attached hydrogen (secondary N) is 1. The number of aromatic nitrogens is 2. The molecular formula is C27H26N4O3. The van der Waals surface area contributed by atoms with Gasteiger partial charge in [0.05, 0.1) is 24.2 Å². The topological polar surface area (TPSA) is 76.5 Å². The number of fused-ring (bicyclic) bond motifs is 3. The van der Waals surface area contributed by atoms with Gasteiger partial charge in [-0.3, -0.25) is 14.5 Å². The van der Waals surface area contributed by atoms with E-state index in [4.69, 9.17) is 4.74 Å². The number of hydrogen-bond acceptors (Lipinski definition) is 4. The first kappa shape index (κ1) is 21.7. The number of hydrogen-bond donors (Lipinski definition) is 1. The summed E-state index contributed by atoms with van der Waals surface area (Å²) in [5, 5.41) is 3.04. The smallest absolute Gasteiger partial charge is 0.295 e. The third-order valence-electron chi connectivity index (χ3n) is 6.20. The molecule has 4 aromatic rings. The Morgan fingerprint density at radius 1 is 1.03 bits per heavy atom. The second-order valence-electron chi connectivity index (χ2n) is 8.52. The van der Waals surface area contributed by atoms with Gasteiger partial charge in [-0.1, -0.05) is 42.5 Å². The number of benzene rings is 3. The number of rotatable bonds is 6. The fraction of sp³-hybridized carbons (Fsp3) is 0.222. The first-order chi connectivity index (χ1) is 16.5. The van der Waals surface area contributed by atoms with Gasteiger partial charge in [-0.25, -0.2) is 4.98 Å². The van der Waals surface area contributed by atoms with Crippen molar-refractivity contribution >= 4 is 28.5 Å². The average Bonchev–Trinajstić information content (AvgIpc) is 3.23. The number of anilines is 1. The Kier molecular flexibility index (Phi) is 5.53. The summed E-state index contributed by atoms with van der Waals surface area (Å²) in [6.45, 7) is 4.92. The van der Waals surface area contributed by atoms with Gasteiger partial charge in [-0.2, -0.15) is 0 Å². The highest BCUT2D eigenvalue weighted by molar-refractivity contribution is 6.12. The lowest BCUT2D eigenvalue weighted by Gasteiger charge is -2.43.